The van der Waals surface area contributed by atoms with Gasteiger partial charge in [0.25, 0.3) is 6.29 Å². The molecule has 0 radical (unpaired) electrons. The smallest absolute Gasteiger partial charge is 0.361 e. The Morgan fingerprint density at radius 3 is 0.914 bits per heavy atom. The summed E-state index contributed by atoms with van der Waals surface area (Å²) < 4.78 is 23.0. The van der Waals surface area contributed by atoms with Crippen molar-refractivity contribution < 1.29 is 42.9 Å². The summed E-state index contributed by atoms with van der Waals surface area (Å²) in [5.41, 5.74) is 0. The number of hydrogen-bond acceptors (Lipinski definition) is 7. The number of nitrogens with zero attached hydrogens (tertiary/aromatic N) is 1. The molecule has 9 nitrogen and oxygen atoms in total. The highest BCUT2D eigenvalue weighted by molar-refractivity contribution is 5.71. The van der Waals surface area contributed by atoms with Gasteiger partial charge in [0.05, 0.1) is 34.4 Å². The highest BCUT2D eigenvalue weighted by atomic mass is 16.7. The number of unbranched alkanes of at least 4 members (excludes halogenated alkanes) is 24. The SMILES string of the molecule is CC/C=C\C/C=C\C/C=C\C/C=C\C/C=C\C/C=C\C/C=C\C/C=C\C/C=C\C/C=C\C/C=C\CCCCCCCCCC(=O)OC(COC(=O)CCCCCCCCCCCCCC/C=C\C/C=C\C/C=C\CCCCCCC)COC(OCC[N+](C)(C)C)C(=O)O. The molecule has 0 aromatic rings. The van der Waals surface area contributed by atoms with Crippen LogP contribution in [0.5, 0.6) is 0 Å². The van der Waals surface area contributed by atoms with Crippen LogP contribution in [0.2, 0.25) is 0 Å². The number of esters is 2. The van der Waals surface area contributed by atoms with E-state index in [4.69, 9.17) is 18.9 Å². The van der Waals surface area contributed by atoms with E-state index < -0.39 is 24.3 Å². The van der Waals surface area contributed by atoms with E-state index in [0.29, 0.717) is 17.4 Å². The third-order valence-corrected chi connectivity index (χ3v) is 15.5. The summed E-state index contributed by atoms with van der Waals surface area (Å²) in [6.07, 6.45) is 106. The predicted octanol–water partition coefficient (Wildman–Crippen LogP) is 23.8. The fourth-order valence-electron chi connectivity index (χ4n) is 9.79. The van der Waals surface area contributed by atoms with Crippen molar-refractivity contribution in [3.63, 3.8) is 0 Å². The molecule has 0 amide bonds. The fourth-order valence-corrected chi connectivity index (χ4v) is 9.79. The molecule has 2 atom stereocenters. The second-order valence-corrected chi connectivity index (χ2v) is 25.5. The molecule has 1 N–H and O–H groups in total. The number of carbonyl (C=O) groups is 3. The molecule has 0 spiro atoms. The highest BCUT2D eigenvalue weighted by Gasteiger charge is 2.25. The third-order valence-electron chi connectivity index (χ3n) is 15.5. The lowest BCUT2D eigenvalue weighted by Gasteiger charge is -2.25. The van der Waals surface area contributed by atoms with Crippen LogP contribution >= 0.6 is 0 Å². The number of ether oxygens (including phenoxy) is 4. The first-order chi connectivity index (χ1) is 45.6. The molecule has 0 aliphatic heterocycles. The van der Waals surface area contributed by atoms with Gasteiger partial charge in [0.1, 0.15) is 13.2 Å². The predicted molar refractivity (Wildman–Crippen MR) is 400 cm³/mol. The Balaban J connectivity index is 4.18. The standard InChI is InChI=1S/C84H137NO8/c1-6-8-10-12-14-16-18-20-22-24-26-28-30-32-34-35-36-37-38-39-40-41-42-43-44-45-46-47-49-51-53-55-57-59-61-63-65-67-69-71-73-75-82(87)93-80(79-92-84(83(88)89)90-77-76-85(3,4)5)78-91-81(86)74-72-70-68-66-64-62-60-58-56-54-52-50-48-33-31-29-27-25-23-21-19-17-15-13-11-9-7-2/h8,10,14,16,19-22,25-28,31-34,36-37,39-40,42-43,45-46,49,51,55,57,80,84H,6-7,9,11-13,15,17-18,23-24,29-30,35,38,41,44,47-48,50,52-54,56,58-79H2,1-5H3/p+1/b10-8-,16-14-,21-19-,22-20-,27-25-,28-26-,33-31-,34-32-,37-36-,40-39-,43-42-,46-45-,51-49-,57-55-. The average Bonchev–Trinajstić information content (AvgIpc) is 3.38. The van der Waals surface area contributed by atoms with E-state index in [1.54, 1.807) is 0 Å². The molecule has 0 aliphatic rings. The molecule has 0 heterocycles. The van der Waals surface area contributed by atoms with Crippen molar-refractivity contribution in [1.82, 2.24) is 0 Å². The molecular weight excluding hydrogens is 1150 g/mol. The average molecular weight is 1290 g/mol. The largest absolute Gasteiger partial charge is 0.477 e. The van der Waals surface area contributed by atoms with E-state index >= 15 is 0 Å². The molecule has 93 heavy (non-hydrogen) atoms. The van der Waals surface area contributed by atoms with Crippen LogP contribution in [0, 0.1) is 0 Å². The van der Waals surface area contributed by atoms with Crippen LogP contribution in [0.15, 0.2) is 170 Å². The van der Waals surface area contributed by atoms with Crippen LogP contribution in [0.25, 0.3) is 0 Å². The van der Waals surface area contributed by atoms with Crippen LogP contribution in [-0.4, -0.2) is 87.4 Å². The van der Waals surface area contributed by atoms with Gasteiger partial charge in [0.15, 0.2) is 6.10 Å². The van der Waals surface area contributed by atoms with Crippen LogP contribution in [-0.2, 0) is 33.3 Å². The number of allylic oxidation sites excluding steroid dienone is 28. The van der Waals surface area contributed by atoms with E-state index in [0.717, 1.165) is 128 Å². The van der Waals surface area contributed by atoms with E-state index in [1.807, 2.05) is 21.1 Å². The van der Waals surface area contributed by atoms with Gasteiger partial charge < -0.3 is 28.5 Å². The minimum Gasteiger partial charge on any atom is -0.477 e. The number of carboxylic acid groups (broad SMARTS) is 1. The Kier molecular flexibility index (Phi) is 68.3. The van der Waals surface area contributed by atoms with Crippen LogP contribution < -0.4 is 0 Å². The second kappa shape index (κ2) is 72.5. The van der Waals surface area contributed by atoms with Gasteiger partial charge >= 0.3 is 17.9 Å². The number of quaternary nitrogens is 1. The number of hydrogen-bond donors (Lipinski definition) is 1. The number of carboxylic acids is 1. The monoisotopic (exact) mass is 1290 g/mol. The third kappa shape index (κ3) is 73.9. The molecular formula is C84H138NO8+. The van der Waals surface area contributed by atoms with Crippen molar-refractivity contribution in [2.75, 3.05) is 47.5 Å². The molecule has 0 saturated carbocycles. The highest BCUT2D eigenvalue weighted by Crippen LogP contribution is 2.16. The maximum atomic E-state index is 13.0. The summed E-state index contributed by atoms with van der Waals surface area (Å²) in [5, 5.41) is 9.76. The van der Waals surface area contributed by atoms with Gasteiger partial charge in [-0.3, -0.25) is 9.59 Å². The Morgan fingerprint density at radius 2 is 0.613 bits per heavy atom. The maximum absolute atomic E-state index is 13.0. The summed E-state index contributed by atoms with van der Waals surface area (Å²) in [4.78, 5) is 37.7. The van der Waals surface area contributed by atoms with Gasteiger partial charge in [-0.25, -0.2) is 4.79 Å². The van der Waals surface area contributed by atoms with Crippen molar-refractivity contribution in [1.29, 1.82) is 0 Å². The van der Waals surface area contributed by atoms with Crippen molar-refractivity contribution in [2.45, 2.75) is 296 Å². The molecule has 9 heteroatoms. The number of rotatable bonds is 67. The van der Waals surface area contributed by atoms with E-state index in [1.165, 1.54) is 122 Å². The number of likely N-dealkylation sites (N-methyl/N-ethyl adjacent to an activating group) is 1. The molecule has 0 aliphatic carbocycles. The Morgan fingerprint density at radius 1 is 0.333 bits per heavy atom. The normalized spacial score (nSPS) is 13.7. The Bertz CT molecular complexity index is 2140. The first-order valence-corrected chi connectivity index (χ1v) is 37.3. The topological polar surface area (TPSA) is 108 Å². The van der Waals surface area contributed by atoms with Crippen LogP contribution in [0.3, 0.4) is 0 Å². The molecule has 0 fully saturated rings. The zero-order valence-electron chi connectivity index (χ0n) is 60.1. The lowest BCUT2D eigenvalue weighted by Crippen LogP contribution is -2.40. The zero-order valence-corrected chi connectivity index (χ0v) is 60.1. The van der Waals surface area contributed by atoms with Gasteiger partial charge in [0, 0.05) is 12.8 Å². The minimum absolute atomic E-state index is 0.177. The first-order valence-electron chi connectivity index (χ1n) is 37.3. The van der Waals surface area contributed by atoms with Gasteiger partial charge in [-0.05, 0) is 135 Å². The molecule has 0 aromatic carbocycles. The van der Waals surface area contributed by atoms with Crippen LogP contribution in [0.4, 0.5) is 0 Å². The molecule has 0 aromatic heterocycles. The number of carbonyl (C=O) groups excluding carboxylic acids is 2. The molecule has 0 bridgehead atoms. The minimum atomic E-state index is -1.53. The Hall–Kier alpha value is -5.35. The van der Waals surface area contributed by atoms with Gasteiger partial charge in [0.2, 0.25) is 0 Å². The van der Waals surface area contributed by atoms with E-state index in [9.17, 15) is 19.5 Å². The van der Waals surface area contributed by atoms with Crippen molar-refractivity contribution in [3.05, 3.63) is 170 Å². The van der Waals surface area contributed by atoms with Gasteiger partial charge in [-0.2, -0.15) is 0 Å². The quantitative estimate of drug-likeness (QED) is 0.0211. The maximum Gasteiger partial charge on any atom is 0.361 e. The van der Waals surface area contributed by atoms with E-state index in [-0.39, 0.29) is 38.6 Å². The number of aliphatic carboxylic acids is 1. The molecule has 0 rings (SSSR count). The lowest BCUT2D eigenvalue weighted by molar-refractivity contribution is -0.870. The lowest BCUT2D eigenvalue weighted by atomic mass is 10.0. The first kappa shape index (κ1) is 87.7. The van der Waals surface area contributed by atoms with Gasteiger partial charge in [-0.1, -0.05) is 306 Å². The summed E-state index contributed by atoms with van der Waals surface area (Å²) in [5.74, 6) is -2.03. The summed E-state index contributed by atoms with van der Waals surface area (Å²) >= 11 is 0. The zero-order chi connectivity index (χ0) is 67.5. The van der Waals surface area contributed by atoms with Gasteiger partial charge in [-0.15, -0.1) is 0 Å². The molecule has 0 saturated heterocycles. The summed E-state index contributed by atoms with van der Waals surface area (Å²) in [6, 6.07) is 0. The van der Waals surface area contributed by atoms with E-state index in [2.05, 4.69) is 184 Å². The summed E-state index contributed by atoms with van der Waals surface area (Å²) in [6.45, 7) is 4.73. The second-order valence-electron chi connectivity index (χ2n) is 25.5. The van der Waals surface area contributed by atoms with Crippen molar-refractivity contribution in [3.8, 4) is 0 Å². The fraction of sp³-hybridized carbons (Fsp3) is 0.631. The van der Waals surface area contributed by atoms with Crippen molar-refractivity contribution in [2.24, 2.45) is 0 Å². The van der Waals surface area contributed by atoms with Crippen LogP contribution in [0.1, 0.15) is 284 Å². The Labute approximate surface area is 571 Å². The molecule has 2 unspecified atom stereocenters. The summed E-state index contributed by atoms with van der Waals surface area (Å²) in [7, 11) is 5.97. The molecule has 526 valence electrons. The van der Waals surface area contributed by atoms with Crippen molar-refractivity contribution >= 4 is 17.9 Å².